The number of benzene rings is 3. The summed E-state index contributed by atoms with van der Waals surface area (Å²) in [4.78, 5) is 17.1. The van der Waals surface area contributed by atoms with Gasteiger partial charge in [-0.2, -0.15) is 0 Å². The molecule has 0 aliphatic heterocycles. The number of rotatable bonds is 16. The smallest absolute Gasteiger partial charge is 0.275 e. The Hall–Kier alpha value is -3.87. The van der Waals surface area contributed by atoms with Crippen molar-refractivity contribution in [2.24, 2.45) is 0 Å². The lowest BCUT2D eigenvalue weighted by molar-refractivity contribution is -0.882. The van der Waals surface area contributed by atoms with Gasteiger partial charge in [0, 0.05) is 29.1 Å². The fourth-order valence-electron chi connectivity index (χ4n) is 5.11. The van der Waals surface area contributed by atoms with Gasteiger partial charge in [-0.15, -0.1) is 13.2 Å². The first-order chi connectivity index (χ1) is 20.7. The van der Waals surface area contributed by atoms with E-state index < -0.39 is 0 Å². The van der Waals surface area contributed by atoms with Crippen molar-refractivity contribution in [3.63, 3.8) is 0 Å². The maximum absolute atomic E-state index is 12.3. The molecule has 0 radical (unpaired) electrons. The summed E-state index contributed by atoms with van der Waals surface area (Å²) in [7, 11) is 4.17. The fourth-order valence-corrected chi connectivity index (χ4v) is 5.24. The third-order valence-electron chi connectivity index (χ3n) is 7.35. The van der Waals surface area contributed by atoms with Crippen molar-refractivity contribution in [1.82, 2.24) is 10.3 Å². The van der Waals surface area contributed by atoms with Crippen LogP contribution in [0.1, 0.15) is 37.3 Å². The van der Waals surface area contributed by atoms with Crippen LogP contribution in [-0.2, 0) is 17.6 Å². The first-order valence-corrected chi connectivity index (χ1v) is 15.4. The number of quaternary nitrogens is 1. The molecule has 6 nitrogen and oxygen atoms in total. The summed E-state index contributed by atoms with van der Waals surface area (Å²) in [5.74, 6) is 1.49. The zero-order valence-electron chi connectivity index (χ0n) is 25.6. The molecule has 0 spiro atoms. The lowest BCUT2D eigenvalue weighted by Crippen LogP contribution is -2.48. The molecule has 0 atom stereocenters. The van der Waals surface area contributed by atoms with E-state index in [0.717, 1.165) is 83.4 Å². The Kier molecular flexibility index (Phi) is 11.2. The van der Waals surface area contributed by atoms with Gasteiger partial charge in [0.05, 0.1) is 27.2 Å². The number of halogens is 1. The Labute approximate surface area is 260 Å². The van der Waals surface area contributed by atoms with Crippen LogP contribution >= 0.6 is 11.6 Å². The van der Waals surface area contributed by atoms with Gasteiger partial charge in [0.2, 0.25) is 5.89 Å². The van der Waals surface area contributed by atoms with Gasteiger partial charge in [0.25, 0.3) is 5.91 Å². The third-order valence-corrected chi connectivity index (χ3v) is 7.60. The molecule has 226 valence electrons. The van der Waals surface area contributed by atoms with Crippen LogP contribution in [0.4, 0.5) is 0 Å². The summed E-state index contributed by atoms with van der Waals surface area (Å²) in [5.41, 5.74) is 6.54. The zero-order chi connectivity index (χ0) is 30.8. The number of ether oxygens (including phenoxy) is 1. The van der Waals surface area contributed by atoms with E-state index in [1.54, 1.807) is 0 Å². The minimum absolute atomic E-state index is 0.0986. The van der Waals surface area contributed by atoms with Crippen LogP contribution in [0.3, 0.4) is 0 Å². The molecule has 3 aromatic carbocycles. The maximum Gasteiger partial charge on any atom is 0.275 e. The van der Waals surface area contributed by atoms with Gasteiger partial charge in [-0.3, -0.25) is 4.79 Å². The number of amides is 1. The molecule has 0 aliphatic rings. The Morgan fingerprint density at radius 2 is 1.77 bits per heavy atom. The topological polar surface area (TPSA) is 64.4 Å². The molecule has 0 saturated carbocycles. The molecule has 0 unspecified atom stereocenters. The second-order valence-corrected chi connectivity index (χ2v) is 12.0. The molecule has 7 heteroatoms. The van der Waals surface area contributed by atoms with Crippen molar-refractivity contribution in [2.45, 2.75) is 39.0 Å². The SMILES string of the molecule is C=CCc1cc(-c2ccc(OCCC[N+](C)(C)CC(=O)NCCCC)c(CC=C)c2)c2oc(-c3ccc(Cl)cc3)nc2c1. The van der Waals surface area contributed by atoms with Crippen molar-refractivity contribution >= 4 is 28.6 Å². The van der Waals surface area contributed by atoms with Gasteiger partial charge in [-0.25, -0.2) is 4.98 Å². The number of carbonyl (C=O) groups excluding carboxylic acids is 1. The molecule has 0 saturated heterocycles. The van der Waals surface area contributed by atoms with E-state index >= 15 is 0 Å². The van der Waals surface area contributed by atoms with E-state index in [-0.39, 0.29) is 5.91 Å². The minimum Gasteiger partial charge on any atom is -0.493 e. The van der Waals surface area contributed by atoms with Crippen LogP contribution in [0.25, 0.3) is 33.7 Å². The number of fused-ring (bicyclic) bond motifs is 1. The monoisotopic (exact) mass is 600 g/mol. The molecule has 1 amide bonds. The summed E-state index contributed by atoms with van der Waals surface area (Å²) in [6.45, 7) is 12.6. The van der Waals surface area contributed by atoms with Gasteiger partial charge in [-0.05, 0) is 84.5 Å². The molecular weight excluding hydrogens is 558 g/mol. The average molecular weight is 601 g/mol. The van der Waals surface area contributed by atoms with Gasteiger partial charge in [0.15, 0.2) is 12.1 Å². The molecule has 43 heavy (non-hydrogen) atoms. The van der Waals surface area contributed by atoms with Gasteiger partial charge < -0.3 is 19.0 Å². The first-order valence-electron chi connectivity index (χ1n) is 15.0. The molecular formula is C36H43ClN3O3+. The average Bonchev–Trinajstić information content (AvgIpc) is 3.40. The summed E-state index contributed by atoms with van der Waals surface area (Å²) in [5, 5.41) is 3.68. The number of allylic oxidation sites excluding steroid dienone is 2. The lowest BCUT2D eigenvalue weighted by atomic mass is 9.97. The van der Waals surface area contributed by atoms with Crippen molar-refractivity contribution in [3.05, 3.63) is 96.1 Å². The number of aromatic nitrogens is 1. The Balaban J connectivity index is 1.52. The molecule has 1 aromatic heterocycles. The highest BCUT2D eigenvalue weighted by Crippen LogP contribution is 2.36. The summed E-state index contributed by atoms with van der Waals surface area (Å²) < 4.78 is 13.2. The highest BCUT2D eigenvalue weighted by molar-refractivity contribution is 6.30. The number of hydrogen-bond acceptors (Lipinski definition) is 4. The van der Waals surface area contributed by atoms with Crippen molar-refractivity contribution < 1.29 is 18.4 Å². The molecule has 0 bridgehead atoms. The van der Waals surface area contributed by atoms with Crippen LogP contribution in [-0.4, -0.2) is 55.7 Å². The van der Waals surface area contributed by atoms with Crippen LogP contribution in [0.2, 0.25) is 5.02 Å². The summed E-state index contributed by atoms with van der Waals surface area (Å²) in [6.07, 6.45) is 8.09. The van der Waals surface area contributed by atoms with Crippen LogP contribution in [0, 0.1) is 0 Å². The van der Waals surface area contributed by atoms with Crippen molar-refractivity contribution in [2.75, 3.05) is 40.3 Å². The van der Waals surface area contributed by atoms with Crippen LogP contribution in [0.15, 0.2) is 84.3 Å². The minimum atomic E-state index is 0.0986. The Morgan fingerprint density at radius 3 is 2.49 bits per heavy atom. The van der Waals surface area contributed by atoms with E-state index in [4.69, 9.17) is 25.7 Å². The van der Waals surface area contributed by atoms with Crippen molar-refractivity contribution in [3.8, 4) is 28.3 Å². The second kappa shape index (κ2) is 15.0. The predicted molar refractivity (Wildman–Crippen MR) is 178 cm³/mol. The summed E-state index contributed by atoms with van der Waals surface area (Å²) in [6, 6.07) is 17.9. The number of hydrogen-bond donors (Lipinski definition) is 1. The fraction of sp³-hybridized carbons (Fsp3) is 0.333. The van der Waals surface area contributed by atoms with E-state index in [1.807, 2.05) is 42.5 Å². The Bertz CT molecular complexity index is 1560. The van der Waals surface area contributed by atoms with Gasteiger partial charge in [0.1, 0.15) is 11.3 Å². The second-order valence-electron chi connectivity index (χ2n) is 11.5. The standard InChI is InChI=1S/C36H42ClN3O3/c1-6-9-19-38-34(41)25-40(4,5)20-10-21-42-33-18-15-28(24-29(33)12-8-3)31-22-26(11-7-2)23-32-35(31)43-36(39-32)27-13-16-30(37)17-14-27/h7-8,13-18,22-24H,2-3,6,9-12,19-21,25H2,1,4-5H3/p+1. The lowest BCUT2D eigenvalue weighted by Gasteiger charge is -2.29. The van der Waals surface area contributed by atoms with Crippen LogP contribution < -0.4 is 10.1 Å². The molecule has 4 aromatic rings. The van der Waals surface area contributed by atoms with Crippen LogP contribution in [0.5, 0.6) is 5.75 Å². The quantitative estimate of drug-likeness (QED) is 0.0803. The Morgan fingerprint density at radius 1 is 1.02 bits per heavy atom. The summed E-state index contributed by atoms with van der Waals surface area (Å²) >= 11 is 6.10. The van der Waals surface area contributed by atoms with E-state index in [0.29, 0.717) is 35.0 Å². The molecule has 4 rings (SSSR count). The van der Waals surface area contributed by atoms with Gasteiger partial charge >= 0.3 is 0 Å². The van der Waals surface area contributed by atoms with E-state index in [2.05, 4.69) is 63.8 Å². The number of nitrogens with one attached hydrogen (secondary N) is 1. The normalized spacial score (nSPS) is 11.4. The maximum atomic E-state index is 12.3. The molecule has 1 N–H and O–H groups in total. The van der Waals surface area contributed by atoms with E-state index in [1.165, 1.54) is 0 Å². The largest absolute Gasteiger partial charge is 0.493 e. The number of unbranched alkanes of at least 4 members (excludes halogenated alkanes) is 1. The van der Waals surface area contributed by atoms with Crippen molar-refractivity contribution in [1.29, 1.82) is 0 Å². The molecule has 1 heterocycles. The number of carbonyl (C=O) groups is 1. The number of nitrogens with zero attached hydrogens (tertiary/aromatic N) is 2. The predicted octanol–water partition coefficient (Wildman–Crippen LogP) is 8.03. The van der Waals surface area contributed by atoms with E-state index in [9.17, 15) is 4.79 Å². The molecule has 0 fully saturated rings. The number of oxazole rings is 1. The number of likely N-dealkylation sites (N-methyl/N-ethyl adjacent to an activating group) is 1. The highest BCUT2D eigenvalue weighted by atomic mass is 35.5. The highest BCUT2D eigenvalue weighted by Gasteiger charge is 2.20. The molecule has 0 aliphatic carbocycles. The zero-order valence-corrected chi connectivity index (χ0v) is 26.4. The third kappa shape index (κ3) is 8.82. The first kappa shape index (κ1) is 32.1. The van der Waals surface area contributed by atoms with Gasteiger partial charge in [-0.1, -0.05) is 43.2 Å².